The van der Waals surface area contributed by atoms with Crippen LogP contribution in [0.2, 0.25) is 0 Å². The summed E-state index contributed by atoms with van der Waals surface area (Å²) >= 11 is 2.70. The second-order valence-corrected chi connectivity index (χ2v) is 2.58. The fraction of sp³-hybridized carbons (Fsp3) is 0.600. The van der Waals surface area contributed by atoms with Gasteiger partial charge in [-0.3, -0.25) is 14.9 Å². The lowest BCUT2D eigenvalue weighted by atomic mass is 10.4. The van der Waals surface area contributed by atoms with E-state index in [1.165, 1.54) is 0 Å². The summed E-state index contributed by atoms with van der Waals surface area (Å²) < 4.78 is -0.242. The highest BCUT2D eigenvalue weighted by molar-refractivity contribution is 9.18. The van der Waals surface area contributed by atoms with E-state index in [2.05, 4.69) is 21.2 Å². The molecule has 4 nitrogen and oxygen atoms in total. The third-order valence-electron chi connectivity index (χ3n) is 0.900. The van der Waals surface area contributed by atoms with Crippen molar-refractivity contribution < 1.29 is 14.7 Å². The lowest BCUT2D eigenvalue weighted by Crippen LogP contribution is -2.34. The second kappa shape index (κ2) is 4.40. The van der Waals surface area contributed by atoms with E-state index in [0.29, 0.717) is 0 Å². The SMILES string of the molecule is CC(NCC(=O)O)C(=O)Br. The van der Waals surface area contributed by atoms with Crippen molar-refractivity contribution in [3.05, 3.63) is 0 Å². The van der Waals surface area contributed by atoms with Crippen LogP contribution in [0.3, 0.4) is 0 Å². The molecule has 0 fully saturated rings. The van der Waals surface area contributed by atoms with E-state index in [4.69, 9.17) is 5.11 Å². The fourth-order valence-corrected chi connectivity index (χ4v) is 0.483. The molecule has 2 N–H and O–H groups in total. The number of carboxylic acid groups (broad SMARTS) is 1. The first kappa shape index (κ1) is 9.58. The van der Waals surface area contributed by atoms with Crippen LogP contribution in [0.15, 0.2) is 0 Å². The van der Waals surface area contributed by atoms with Crippen LogP contribution in [0.1, 0.15) is 6.92 Å². The molecule has 0 saturated carbocycles. The third kappa shape index (κ3) is 4.46. The van der Waals surface area contributed by atoms with Crippen LogP contribution >= 0.6 is 15.9 Å². The van der Waals surface area contributed by atoms with Crippen molar-refractivity contribution in [3.63, 3.8) is 0 Å². The largest absolute Gasteiger partial charge is 0.480 e. The number of rotatable bonds is 4. The first-order valence-electron chi connectivity index (χ1n) is 2.68. The van der Waals surface area contributed by atoms with Crippen molar-refractivity contribution in [1.82, 2.24) is 5.32 Å². The van der Waals surface area contributed by atoms with Crippen molar-refractivity contribution in [2.45, 2.75) is 13.0 Å². The maximum absolute atomic E-state index is 10.4. The monoisotopic (exact) mass is 209 g/mol. The molecule has 0 aliphatic heterocycles. The molecule has 0 bridgehead atoms. The molecule has 0 spiro atoms. The Hall–Kier alpha value is -0.420. The Morgan fingerprint density at radius 3 is 2.50 bits per heavy atom. The molecule has 0 aromatic carbocycles. The molecule has 58 valence electrons. The van der Waals surface area contributed by atoms with Crippen LogP contribution < -0.4 is 5.32 Å². The van der Waals surface area contributed by atoms with Crippen molar-refractivity contribution in [2.75, 3.05) is 6.54 Å². The molecule has 0 amide bonds. The van der Waals surface area contributed by atoms with Gasteiger partial charge in [-0.25, -0.2) is 0 Å². The normalized spacial score (nSPS) is 12.6. The van der Waals surface area contributed by atoms with Crippen LogP contribution in [0.25, 0.3) is 0 Å². The van der Waals surface area contributed by atoms with E-state index < -0.39 is 12.0 Å². The van der Waals surface area contributed by atoms with Crippen molar-refractivity contribution >= 4 is 26.6 Å². The second-order valence-electron chi connectivity index (χ2n) is 1.80. The Labute approximate surface area is 66.7 Å². The number of carbonyl (C=O) groups is 2. The minimum absolute atomic E-state index is 0.196. The van der Waals surface area contributed by atoms with Crippen molar-refractivity contribution in [3.8, 4) is 0 Å². The maximum Gasteiger partial charge on any atom is 0.317 e. The van der Waals surface area contributed by atoms with Gasteiger partial charge in [-0.2, -0.15) is 0 Å². The Bertz CT molecular complexity index is 148. The molecule has 0 aromatic heterocycles. The summed E-state index contributed by atoms with van der Waals surface area (Å²) in [6.07, 6.45) is 0. The fourth-order valence-electron chi connectivity index (χ4n) is 0.321. The van der Waals surface area contributed by atoms with Crippen molar-refractivity contribution in [2.24, 2.45) is 0 Å². The maximum atomic E-state index is 10.4. The Kier molecular flexibility index (Phi) is 4.22. The van der Waals surface area contributed by atoms with Crippen LogP contribution in [0.4, 0.5) is 0 Å². The summed E-state index contributed by atoms with van der Waals surface area (Å²) in [5.74, 6) is -0.972. The van der Waals surface area contributed by atoms with Crippen LogP contribution in [-0.2, 0) is 9.59 Å². The van der Waals surface area contributed by atoms with Gasteiger partial charge in [-0.1, -0.05) is 0 Å². The number of carbonyl (C=O) groups excluding carboxylic acids is 1. The Balaban J connectivity index is 3.49. The Morgan fingerprint density at radius 1 is 1.70 bits per heavy atom. The van der Waals surface area contributed by atoms with E-state index in [1.807, 2.05) is 0 Å². The smallest absolute Gasteiger partial charge is 0.317 e. The zero-order chi connectivity index (χ0) is 8.15. The zero-order valence-corrected chi connectivity index (χ0v) is 7.01. The highest BCUT2D eigenvalue weighted by atomic mass is 79.9. The van der Waals surface area contributed by atoms with Gasteiger partial charge in [-0.15, -0.1) is 0 Å². The predicted molar refractivity (Wildman–Crippen MR) is 39.0 cm³/mol. The number of hydrogen-bond acceptors (Lipinski definition) is 3. The van der Waals surface area contributed by atoms with Gasteiger partial charge < -0.3 is 5.11 Å². The molecule has 0 saturated heterocycles. The van der Waals surface area contributed by atoms with Gasteiger partial charge in [0.25, 0.3) is 0 Å². The summed E-state index contributed by atoms with van der Waals surface area (Å²) in [6, 6.07) is -0.448. The molecular formula is C5H8BrNO3. The number of hydrogen-bond donors (Lipinski definition) is 2. The molecule has 5 heteroatoms. The van der Waals surface area contributed by atoms with Crippen molar-refractivity contribution in [1.29, 1.82) is 0 Å². The molecular weight excluding hydrogens is 202 g/mol. The molecule has 0 aromatic rings. The summed E-state index contributed by atoms with van der Waals surface area (Å²) in [6.45, 7) is 1.39. The summed E-state index contributed by atoms with van der Waals surface area (Å²) in [4.78, 5) is 20.4. The van der Waals surface area contributed by atoms with Gasteiger partial charge in [0.15, 0.2) is 0 Å². The van der Waals surface area contributed by atoms with E-state index in [1.54, 1.807) is 6.92 Å². The van der Waals surface area contributed by atoms with E-state index in [-0.39, 0.29) is 11.2 Å². The van der Waals surface area contributed by atoms with E-state index >= 15 is 0 Å². The molecule has 0 rings (SSSR count). The molecule has 10 heavy (non-hydrogen) atoms. The average Bonchev–Trinajstić information content (AvgIpc) is 1.82. The van der Waals surface area contributed by atoms with E-state index in [0.717, 1.165) is 0 Å². The third-order valence-corrected chi connectivity index (χ3v) is 1.59. The summed E-state index contributed by atoms with van der Waals surface area (Å²) in [5.41, 5.74) is 0. The summed E-state index contributed by atoms with van der Waals surface area (Å²) in [5, 5.41) is 10.6. The van der Waals surface area contributed by atoms with Crippen LogP contribution in [0.5, 0.6) is 0 Å². The molecule has 0 radical (unpaired) electrons. The highest BCUT2D eigenvalue weighted by Gasteiger charge is 2.08. The minimum atomic E-state index is -0.972. The number of halogens is 1. The van der Waals surface area contributed by atoms with Gasteiger partial charge in [0.05, 0.1) is 12.6 Å². The molecule has 0 heterocycles. The Morgan fingerprint density at radius 2 is 2.20 bits per heavy atom. The molecule has 1 atom stereocenters. The first-order chi connectivity index (χ1) is 4.54. The minimum Gasteiger partial charge on any atom is -0.480 e. The predicted octanol–water partition coefficient (Wildman–Crippen LogP) is -0.0294. The number of aliphatic carboxylic acids is 1. The lowest BCUT2D eigenvalue weighted by molar-refractivity contribution is -0.136. The number of nitrogens with one attached hydrogen (secondary N) is 1. The standard InChI is InChI=1S/C5H8BrNO3/c1-3(5(6)10)7-2-4(8)9/h3,7H,2H2,1H3,(H,8,9). The topological polar surface area (TPSA) is 66.4 Å². The van der Waals surface area contributed by atoms with Crippen LogP contribution in [0, 0.1) is 0 Å². The van der Waals surface area contributed by atoms with Gasteiger partial charge >= 0.3 is 5.97 Å². The first-order valence-corrected chi connectivity index (χ1v) is 3.48. The number of carboxylic acids is 1. The summed E-state index contributed by atoms with van der Waals surface area (Å²) in [7, 11) is 0. The van der Waals surface area contributed by atoms with Gasteiger partial charge in [-0.05, 0) is 22.9 Å². The zero-order valence-electron chi connectivity index (χ0n) is 5.43. The molecule has 1 unspecified atom stereocenters. The van der Waals surface area contributed by atoms with E-state index in [9.17, 15) is 9.59 Å². The quantitative estimate of drug-likeness (QED) is 0.639. The highest BCUT2D eigenvalue weighted by Crippen LogP contribution is 1.90. The van der Waals surface area contributed by atoms with Gasteiger partial charge in [0, 0.05) is 0 Å². The lowest BCUT2D eigenvalue weighted by Gasteiger charge is -2.04. The average molecular weight is 210 g/mol. The molecule has 0 aliphatic carbocycles. The molecule has 0 aliphatic rings. The van der Waals surface area contributed by atoms with Crippen LogP contribution in [-0.4, -0.2) is 28.4 Å². The van der Waals surface area contributed by atoms with Gasteiger partial charge in [0.2, 0.25) is 4.69 Å². The van der Waals surface area contributed by atoms with Gasteiger partial charge in [0.1, 0.15) is 0 Å².